The minimum atomic E-state index is -3.34. The van der Waals surface area contributed by atoms with Crippen molar-refractivity contribution >= 4 is 27.3 Å². The molecule has 1 aromatic carbocycles. The zero-order valence-corrected chi connectivity index (χ0v) is 20.8. The molecular weight excluding hydrogens is 414 g/mol. The predicted octanol–water partition coefficient (Wildman–Crippen LogP) is 3.82. The van der Waals surface area contributed by atoms with Crippen LogP contribution in [0.2, 0.25) is 0 Å². The number of nitrogens with zero attached hydrogens (tertiary/aromatic N) is 1. The van der Waals surface area contributed by atoms with E-state index in [0.717, 1.165) is 23.5 Å². The van der Waals surface area contributed by atoms with E-state index < -0.39 is 14.8 Å². The number of amides is 1. The van der Waals surface area contributed by atoms with E-state index in [1.54, 1.807) is 20.8 Å². The summed E-state index contributed by atoms with van der Waals surface area (Å²) in [5.74, 6) is -0.0588. The molecule has 1 unspecified atom stereocenters. The van der Waals surface area contributed by atoms with E-state index in [1.807, 2.05) is 19.1 Å². The first kappa shape index (κ1) is 25.6. The van der Waals surface area contributed by atoms with Crippen LogP contribution >= 0.6 is 0 Å². The Hall–Kier alpha value is -1.64. The summed E-state index contributed by atoms with van der Waals surface area (Å²) < 4.78 is 31.7. The molecule has 176 valence electrons. The fourth-order valence-corrected chi connectivity index (χ4v) is 4.42. The average Bonchev–Trinajstić information content (AvgIpc) is 2.65. The molecule has 1 amide bonds. The van der Waals surface area contributed by atoms with E-state index in [0.29, 0.717) is 25.8 Å². The topological polar surface area (TPSA) is 87.7 Å². The van der Waals surface area contributed by atoms with Crippen molar-refractivity contribution in [3.8, 4) is 0 Å². The lowest BCUT2D eigenvalue weighted by Crippen LogP contribution is -2.52. The molecule has 1 fully saturated rings. The Balaban J connectivity index is 1.84. The lowest BCUT2D eigenvalue weighted by molar-refractivity contribution is -0.116. The molecule has 7 nitrogen and oxygen atoms in total. The maximum absolute atomic E-state index is 12.3. The van der Waals surface area contributed by atoms with Crippen molar-refractivity contribution in [1.29, 1.82) is 0 Å². The number of carbonyl (C=O) groups is 1. The third-order valence-electron chi connectivity index (χ3n) is 5.82. The van der Waals surface area contributed by atoms with E-state index in [4.69, 9.17) is 4.74 Å². The molecule has 1 aliphatic heterocycles. The van der Waals surface area contributed by atoms with Crippen molar-refractivity contribution in [2.75, 3.05) is 23.3 Å². The van der Waals surface area contributed by atoms with E-state index in [-0.39, 0.29) is 24.2 Å². The lowest BCUT2D eigenvalue weighted by Gasteiger charge is -2.42. The standard InChI is InChI=1S/C23H39N3O4S/c1-16-14-20(26-15-17(2)30-19(4)18(26)3)11-12-21(16)25-22(27)10-8-9-13-24-31(28,29)23(5,6)7/h11-12,14,17-19,24H,8-10,13,15H2,1-7H3,(H,25,27)/t17-,18?,19+/m0/s1. The summed E-state index contributed by atoms with van der Waals surface area (Å²) in [4.78, 5) is 14.7. The number of anilines is 2. The second-order valence-corrected chi connectivity index (χ2v) is 12.1. The highest BCUT2D eigenvalue weighted by Gasteiger charge is 2.30. The SMILES string of the molecule is Cc1cc(N2C[C@H](C)O[C@H](C)C2C)ccc1NC(=O)CCCCNS(=O)(=O)C(C)(C)C. The van der Waals surface area contributed by atoms with Gasteiger partial charge in [-0.15, -0.1) is 0 Å². The molecule has 2 N–H and O–H groups in total. The Bertz CT molecular complexity index is 864. The molecule has 8 heteroatoms. The van der Waals surface area contributed by atoms with Crippen LogP contribution < -0.4 is 14.9 Å². The molecule has 3 atom stereocenters. The van der Waals surface area contributed by atoms with Crippen molar-refractivity contribution in [1.82, 2.24) is 4.72 Å². The molecule has 1 saturated heterocycles. The molecule has 31 heavy (non-hydrogen) atoms. The number of sulfonamides is 1. The van der Waals surface area contributed by atoms with Gasteiger partial charge in [-0.2, -0.15) is 0 Å². The molecular formula is C23H39N3O4S. The smallest absolute Gasteiger partial charge is 0.224 e. The zero-order chi connectivity index (χ0) is 23.4. The van der Waals surface area contributed by atoms with Gasteiger partial charge < -0.3 is 15.0 Å². The number of rotatable bonds is 8. The van der Waals surface area contributed by atoms with Gasteiger partial charge in [0.25, 0.3) is 0 Å². The maximum Gasteiger partial charge on any atom is 0.224 e. The number of hydrogen-bond donors (Lipinski definition) is 2. The van der Waals surface area contributed by atoms with Gasteiger partial charge in [0.2, 0.25) is 15.9 Å². The summed E-state index contributed by atoms with van der Waals surface area (Å²) >= 11 is 0. The summed E-state index contributed by atoms with van der Waals surface area (Å²) in [6.45, 7) is 14.5. The molecule has 0 radical (unpaired) electrons. The first-order chi connectivity index (χ1) is 14.3. The van der Waals surface area contributed by atoms with Crippen LogP contribution in [0.1, 0.15) is 66.4 Å². The molecule has 0 saturated carbocycles. The first-order valence-electron chi connectivity index (χ1n) is 11.1. The van der Waals surface area contributed by atoms with E-state index in [1.165, 1.54) is 0 Å². The van der Waals surface area contributed by atoms with Crippen LogP contribution in [0.4, 0.5) is 11.4 Å². The molecule has 2 rings (SSSR count). The van der Waals surface area contributed by atoms with Crippen molar-refractivity contribution in [2.45, 2.75) is 90.7 Å². The molecule has 1 aliphatic rings. The van der Waals surface area contributed by atoms with Crippen LogP contribution in [0.15, 0.2) is 18.2 Å². The van der Waals surface area contributed by atoms with Gasteiger partial charge >= 0.3 is 0 Å². The van der Waals surface area contributed by atoms with Gasteiger partial charge in [-0.3, -0.25) is 4.79 Å². The predicted molar refractivity (Wildman–Crippen MR) is 127 cm³/mol. The van der Waals surface area contributed by atoms with Crippen LogP contribution in [0.3, 0.4) is 0 Å². The summed E-state index contributed by atoms with van der Waals surface area (Å²) in [5.41, 5.74) is 2.96. The number of hydrogen-bond acceptors (Lipinski definition) is 5. The minimum Gasteiger partial charge on any atom is -0.372 e. The minimum absolute atomic E-state index is 0.0588. The second-order valence-electron chi connectivity index (χ2n) is 9.56. The molecule has 1 aromatic rings. The molecule has 0 aliphatic carbocycles. The number of aryl methyl sites for hydroxylation is 1. The molecule has 1 heterocycles. The first-order valence-corrected chi connectivity index (χ1v) is 12.6. The van der Waals surface area contributed by atoms with Crippen LogP contribution in [-0.2, 0) is 19.6 Å². The maximum atomic E-state index is 12.3. The Morgan fingerprint density at radius 3 is 2.48 bits per heavy atom. The largest absolute Gasteiger partial charge is 0.372 e. The van der Waals surface area contributed by atoms with Crippen molar-refractivity contribution in [3.63, 3.8) is 0 Å². The number of benzene rings is 1. The van der Waals surface area contributed by atoms with Gasteiger partial charge in [-0.25, -0.2) is 13.1 Å². The third kappa shape index (κ3) is 6.92. The quantitative estimate of drug-likeness (QED) is 0.584. The van der Waals surface area contributed by atoms with E-state index >= 15 is 0 Å². The van der Waals surface area contributed by atoms with Gasteiger partial charge in [0.15, 0.2) is 0 Å². The number of carbonyl (C=O) groups excluding carboxylic acids is 1. The second kappa shape index (κ2) is 10.3. The fourth-order valence-electron chi connectivity index (χ4n) is 3.57. The normalized spacial score (nSPS) is 22.4. The zero-order valence-electron chi connectivity index (χ0n) is 20.0. The van der Waals surface area contributed by atoms with Crippen LogP contribution in [0, 0.1) is 6.92 Å². The highest BCUT2D eigenvalue weighted by molar-refractivity contribution is 7.90. The van der Waals surface area contributed by atoms with Crippen LogP contribution in [0.5, 0.6) is 0 Å². The van der Waals surface area contributed by atoms with Crippen LogP contribution in [0.25, 0.3) is 0 Å². The Morgan fingerprint density at radius 1 is 1.19 bits per heavy atom. The van der Waals surface area contributed by atoms with Gasteiger partial charge in [0.1, 0.15) is 0 Å². The van der Waals surface area contributed by atoms with E-state index in [9.17, 15) is 13.2 Å². The number of ether oxygens (including phenoxy) is 1. The Labute approximate surface area is 188 Å². The molecule has 0 aromatic heterocycles. The van der Waals surface area contributed by atoms with Gasteiger partial charge in [0, 0.05) is 30.9 Å². The fraction of sp³-hybridized carbons (Fsp3) is 0.696. The van der Waals surface area contributed by atoms with Crippen molar-refractivity contribution in [3.05, 3.63) is 23.8 Å². The van der Waals surface area contributed by atoms with Gasteiger partial charge in [-0.1, -0.05) is 0 Å². The monoisotopic (exact) mass is 453 g/mol. The number of unbranched alkanes of at least 4 members (excludes halogenated alkanes) is 1. The highest BCUT2D eigenvalue weighted by Crippen LogP contribution is 2.28. The third-order valence-corrected chi connectivity index (χ3v) is 8.01. The molecule has 0 spiro atoms. The van der Waals surface area contributed by atoms with E-state index in [2.05, 4.69) is 41.8 Å². The lowest BCUT2D eigenvalue weighted by atomic mass is 10.1. The summed E-state index contributed by atoms with van der Waals surface area (Å²) in [6.07, 6.45) is 1.94. The summed E-state index contributed by atoms with van der Waals surface area (Å²) in [7, 11) is -3.34. The molecule has 0 bridgehead atoms. The Kier molecular flexibility index (Phi) is 8.53. The van der Waals surface area contributed by atoms with Crippen LogP contribution in [-0.4, -0.2) is 50.4 Å². The summed E-state index contributed by atoms with van der Waals surface area (Å²) in [6, 6.07) is 6.40. The highest BCUT2D eigenvalue weighted by atomic mass is 32.2. The number of nitrogens with one attached hydrogen (secondary N) is 2. The average molecular weight is 454 g/mol. The van der Waals surface area contributed by atoms with Gasteiger partial charge in [0.05, 0.1) is 23.0 Å². The van der Waals surface area contributed by atoms with Crippen molar-refractivity contribution < 1.29 is 17.9 Å². The van der Waals surface area contributed by atoms with Crippen molar-refractivity contribution in [2.24, 2.45) is 0 Å². The van der Waals surface area contributed by atoms with Gasteiger partial charge in [-0.05, 0) is 85.1 Å². The summed E-state index contributed by atoms with van der Waals surface area (Å²) in [5, 5.41) is 2.98. The Morgan fingerprint density at radius 2 is 1.87 bits per heavy atom. The number of morpholine rings is 1.